The third kappa shape index (κ3) is 3.04. The number of carbonyl (C=O) groups is 3. The number of nitriles is 1. The summed E-state index contributed by atoms with van der Waals surface area (Å²) in [4.78, 5) is 38.9. The standard InChI is InChI=1S/C21H15N3O3S/c22-12-14-9-11-28-19(14)23-17(25)8-3-10-24-20(26)15-6-1-4-13-5-2-7-16(18(13)15)21(24)27/h1-2,4-7,9,11H,3,8,10H2,(H,23,25). The van der Waals surface area contributed by atoms with Crippen molar-refractivity contribution in [3.8, 4) is 6.07 Å². The van der Waals surface area contributed by atoms with Crippen molar-refractivity contribution >= 4 is 44.8 Å². The molecule has 0 bridgehead atoms. The van der Waals surface area contributed by atoms with Crippen LogP contribution in [0.4, 0.5) is 5.00 Å². The van der Waals surface area contributed by atoms with Gasteiger partial charge in [0.05, 0.1) is 5.56 Å². The van der Waals surface area contributed by atoms with Gasteiger partial charge in [-0.2, -0.15) is 5.26 Å². The van der Waals surface area contributed by atoms with Gasteiger partial charge in [-0.1, -0.05) is 24.3 Å². The Balaban J connectivity index is 1.45. The van der Waals surface area contributed by atoms with Gasteiger partial charge in [0.1, 0.15) is 11.1 Å². The molecule has 4 rings (SSSR count). The van der Waals surface area contributed by atoms with Gasteiger partial charge in [0.2, 0.25) is 5.91 Å². The first-order valence-corrected chi connectivity index (χ1v) is 9.63. The van der Waals surface area contributed by atoms with E-state index in [1.807, 2.05) is 18.2 Å². The van der Waals surface area contributed by atoms with E-state index in [0.29, 0.717) is 33.5 Å². The summed E-state index contributed by atoms with van der Waals surface area (Å²) in [6, 6.07) is 14.5. The minimum absolute atomic E-state index is 0.145. The van der Waals surface area contributed by atoms with Crippen LogP contribution in [-0.2, 0) is 4.79 Å². The van der Waals surface area contributed by atoms with E-state index >= 15 is 0 Å². The molecule has 0 spiro atoms. The van der Waals surface area contributed by atoms with Crippen LogP contribution in [0.25, 0.3) is 10.8 Å². The van der Waals surface area contributed by atoms with Crippen molar-refractivity contribution in [2.75, 3.05) is 11.9 Å². The predicted molar refractivity (Wildman–Crippen MR) is 106 cm³/mol. The van der Waals surface area contributed by atoms with E-state index in [-0.39, 0.29) is 30.7 Å². The molecular formula is C21H15N3O3S. The Hall–Kier alpha value is -3.50. The Morgan fingerprint density at radius 3 is 2.39 bits per heavy atom. The van der Waals surface area contributed by atoms with Crippen LogP contribution in [0.1, 0.15) is 39.1 Å². The van der Waals surface area contributed by atoms with Crippen LogP contribution in [0.15, 0.2) is 47.8 Å². The fourth-order valence-electron chi connectivity index (χ4n) is 3.36. The molecular weight excluding hydrogens is 374 g/mol. The summed E-state index contributed by atoms with van der Waals surface area (Å²) >= 11 is 1.28. The van der Waals surface area contributed by atoms with E-state index in [4.69, 9.17) is 5.26 Å². The van der Waals surface area contributed by atoms with E-state index in [1.54, 1.807) is 35.7 Å². The zero-order valence-corrected chi connectivity index (χ0v) is 15.6. The maximum absolute atomic E-state index is 12.8. The number of hydrogen-bond donors (Lipinski definition) is 1. The van der Waals surface area contributed by atoms with Crippen molar-refractivity contribution in [1.29, 1.82) is 5.26 Å². The molecule has 138 valence electrons. The van der Waals surface area contributed by atoms with Crippen LogP contribution in [-0.4, -0.2) is 29.2 Å². The average molecular weight is 389 g/mol. The maximum atomic E-state index is 12.8. The molecule has 1 aliphatic heterocycles. The molecule has 0 aliphatic carbocycles. The number of anilines is 1. The topological polar surface area (TPSA) is 90.3 Å². The van der Waals surface area contributed by atoms with Crippen LogP contribution in [0, 0.1) is 11.3 Å². The lowest BCUT2D eigenvalue weighted by atomic mass is 9.94. The highest BCUT2D eigenvalue weighted by Gasteiger charge is 2.32. The van der Waals surface area contributed by atoms with Gasteiger partial charge in [0.25, 0.3) is 11.8 Å². The Morgan fingerprint density at radius 2 is 1.75 bits per heavy atom. The molecule has 1 aliphatic rings. The number of nitrogens with zero attached hydrogens (tertiary/aromatic N) is 2. The normalized spacial score (nSPS) is 12.9. The first-order chi connectivity index (χ1) is 13.6. The maximum Gasteiger partial charge on any atom is 0.261 e. The lowest BCUT2D eigenvalue weighted by Gasteiger charge is -2.27. The molecule has 0 saturated heterocycles. The molecule has 28 heavy (non-hydrogen) atoms. The highest BCUT2D eigenvalue weighted by molar-refractivity contribution is 7.14. The third-order valence-electron chi connectivity index (χ3n) is 4.68. The van der Waals surface area contributed by atoms with Gasteiger partial charge >= 0.3 is 0 Å². The molecule has 0 saturated carbocycles. The SMILES string of the molecule is N#Cc1ccsc1NC(=O)CCCN1C(=O)c2cccc3cccc(c23)C1=O. The lowest BCUT2D eigenvalue weighted by molar-refractivity contribution is -0.116. The fourth-order valence-corrected chi connectivity index (χ4v) is 4.12. The van der Waals surface area contributed by atoms with Gasteiger partial charge in [-0.05, 0) is 35.4 Å². The second-order valence-electron chi connectivity index (χ2n) is 6.40. The molecule has 2 heterocycles. The predicted octanol–water partition coefficient (Wildman–Crippen LogP) is 3.79. The summed E-state index contributed by atoms with van der Waals surface area (Å²) in [5.41, 5.74) is 1.44. The molecule has 1 N–H and O–H groups in total. The number of benzene rings is 2. The molecule has 1 aromatic heterocycles. The van der Waals surface area contributed by atoms with Crippen molar-refractivity contribution in [1.82, 2.24) is 4.90 Å². The van der Waals surface area contributed by atoms with E-state index in [9.17, 15) is 14.4 Å². The summed E-state index contributed by atoms with van der Waals surface area (Å²) in [6.07, 6.45) is 0.487. The van der Waals surface area contributed by atoms with Crippen molar-refractivity contribution < 1.29 is 14.4 Å². The van der Waals surface area contributed by atoms with Gasteiger partial charge < -0.3 is 5.32 Å². The third-order valence-corrected chi connectivity index (χ3v) is 5.51. The van der Waals surface area contributed by atoms with Crippen LogP contribution in [0.2, 0.25) is 0 Å². The van der Waals surface area contributed by atoms with Crippen molar-refractivity contribution in [2.24, 2.45) is 0 Å². The molecule has 2 aromatic carbocycles. The van der Waals surface area contributed by atoms with Crippen LogP contribution >= 0.6 is 11.3 Å². The highest BCUT2D eigenvalue weighted by atomic mass is 32.1. The van der Waals surface area contributed by atoms with E-state index in [0.717, 1.165) is 5.39 Å². The van der Waals surface area contributed by atoms with Crippen LogP contribution in [0.5, 0.6) is 0 Å². The number of nitrogens with one attached hydrogen (secondary N) is 1. The lowest BCUT2D eigenvalue weighted by Crippen LogP contribution is -2.41. The van der Waals surface area contributed by atoms with E-state index in [1.165, 1.54) is 16.2 Å². The second-order valence-corrected chi connectivity index (χ2v) is 7.31. The van der Waals surface area contributed by atoms with Crippen molar-refractivity contribution in [3.05, 3.63) is 64.5 Å². The van der Waals surface area contributed by atoms with Crippen molar-refractivity contribution in [2.45, 2.75) is 12.8 Å². The first-order valence-electron chi connectivity index (χ1n) is 8.75. The number of hydrogen-bond acceptors (Lipinski definition) is 5. The quantitative estimate of drug-likeness (QED) is 0.672. The van der Waals surface area contributed by atoms with Crippen LogP contribution in [0.3, 0.4) is 0 Å². The van der Waals surface area contributed by atoms with Crippen LogP contribution < -0.4 is 5.32 Å². The summed E-state index contributed by atoms with van der Waals surface area (Å²) in [5.74, 6) is -0.919. The second kappa shape index (κ2) is 7.25. The number of thiophene rings is 1. The molecule has 0 atom stereocenters. The zero-order chi connectivity index (χ0) is 19.7. The Kier molecular flexibility index (Phi) is 4.63. The minimum atomic E-state index is -0.334. The highest BCUT2D eigenvalue weighted by Crippen LogP contribution is 2.30. The van der Waals surface area contributed by atoms with Crippen molar-refractivity contribution in [3.63, 3.8) is 0 Å². The Bertz CT molecular complexity index is 1110. The smallest absolute Gasteiger partial charge is 0.261 e. The fraction of sp³-hybridized carbons (Fsp3) is 0.143. The first kappa shape index (κ1) is 17.9. The molecule has 6 nitrogen and oxygen atoms in total. The minimum Gasteiger partial charge on any atom is -0.317 e. The summed E-state index contributed by atoms with van der Waals surface area (Å²) in [6.45, 7) is 0.158. The number of imide groups is 1. The van der Waals surface area contributed by atoms with Gasteiger partial charge in [-0.25, -0.2) is 0 Å². The number of amides is 3. The molecule has 3 amide bonds. The molecule has 0 fully saturated rings. The Labute approximate surface area is 165 Å². The molecule has 7 heteroatoms. The average Bonchev–Trinajstić information content (AvgIpc) is 3.15. The van der Waals surface area contributed by atoms with E-state index < -0.39 is 0 Å². The largest absolute Gasteiger partial charge is 0.317 e. The number of rotatable bonds is 5. The van der Waals surface area contributed by atoms with Gasteiger partial charge in [-0.15, -0.1) is 11.3 Å². The molecule has 0 radical (unpaired) electrons. The summed E-state index contributed by atoms with van der Waals surface area (Å²) < 4.78 is 0. The van der Waals surface area contributed by atoms with Gasteiger partial charge in [-0.3, -0.25) is 19.3 Å². The van der Waals surface area contributed by atoms with E-state index in [2.05, 4.69) is 5.32 Å². The summed E-state index contributed by atoms with van der Waals surface area (Å²) in [7, 11) is 0. The summed E-state index contributed by atoms with van der Waals surface area (Å²) in [5, 5.41) is 15.5. The number of carbonyl (C=O) groups excluding carboxylic acids is 3. The van der Waals surface area contributed by atoms with Gasteiger partial charge in [0, 0.05) is 29.5 Å². The Morgan fingerprint density at radius 1 is 1.07 bits per heavy atom. The monoisotopic (exact) mass is 389 g/mol. The zero-order valence-electron chi connectivity index (χ0n) is 14.8. The molecule has 0 unspecified atom stereocenters. The van der Waals surface area contributed by atoms with Gasteiger partial charge in [0.15, 0.2) is 0 Å². The molecule has 3 aromatic rings.